The Labute approximate surface area is 217 Å². The van der Waals surface area contributed by atoms with Crippen LogP contribution in [0.25, 0.3) is 0 Å². The van der Waals surface area contributed by atoms with Crippen LogP contribution in [0, 0.1) is 56.7 Å². The molecule has 5 aliphatic rings. The highest BCUT2D eigenvalue weighted by molar-refractivity contribution is 5.79. The molecule has 0 aromatic rings. The molecule has 5 aliphatic carbocycles. The number of rotatable bonds is 3. The van der Waals surface area contributed by atoms with E-state index in [0.29, 0.717) is 30.0 Å². The van der Waals surface area contributed by atoms with Gasteiger partial charge in [0.2, 0.25) is 0 Å². The van der Waals surface area contributed by atoms with Crippen molar-refractivity contribution in [1.29, 1.82) is 0 Å². The average Bonchev–Trinajstić information content (AvgIpc) is 3.14. The highest BCUT2D eigenvalue weighted by Crippen LogP contribution is 2.77. The van der Waals surface area contributed by atoms with Crippen LogP contribution in [0.4, 0.5) is 0 Å². The van der Waals surface area contributed by atoms with Crippen molar-refractivity contribution in [2.24, 2.45) is 56.7 Å². The minimum atomic E-state index is -1.06. The monoisotopic (exact) mass is 500 g/mol. The number of fused-ring (bicyclic) bond motifs is 7. The third-order valence-electron chi connectivity index (χ3n) is 13.7. The molecule has 0 spiro atoms. The molecule has 5 saturated carbocycles. The number of ketones is 1. The van der Waals surface area contributed by atoms with Crippen LogP contribution >= 0.6 is 0 Å². The van der Waals surface area contributed by atoms with E-state index < -0.39 is 17.5 Å². The van der Waals surface area contributed by atoms with Gasteiger partial charge in [-0.15, -0.1) is 0 Å². The molecule has 5 rings (SSSR count). The number of aliphatic carboxylic acids is 1. The topological polar surface area (TPSA) is 80.7 Å². The Bertz CT molecular complexity index is 974. The molecule has 5 nitrogen and oxygen atoms in total. The second-order valence-electron chi connectivity index (χ2n) is 14.8. The van der Waals surface area contributed by atoms with Gasteiger partial charge in [-0.25, -0.2) is 0 Å². The van der Waals surface area contributed by atoms with Crippen molar-refractivity contribution in [3.05, 3.63) is 0 Å². The first kappa shape index (κ1) is 26.2. The van der Waals surface area contributed by atoms with Crippen LogP contribution < -0.4 is 0 Å². The molecular weight excluding hydrogens is 452 g/mol. The number of carboxylic acids is 1. The molecule has 0 bridgehead atoms. The van der Waals surface area contributed by atoms with Crippen LogP contribution in [0.15, 0.2) is 0 Å². The minimum Gasteiger partial charge on any atom is -0.481 e. The third-order valence-corrected chi connectivity index (χ3v) is 13.7. The summed E-state index contributed by atoms with van der Waals surface area (Å²) in [6.45, 7) is 15.0. The van der Waals surface area contributed by atoms with Crippen molar-refractivity contribution in [3.8, 4) is 0 Å². The standard InChI is InChI=1S/C31H48O5/c1-18(32)20-10-13-27(3)16-17-29(5)21(25(20)27)8-9-22-28(4)14-12-24(36-19(2)33)31(7,26(34)35)23(28)11-15-30(22,29)6/h20-25H,8-17H2,1-7H3,(H,34,35)/t20-,21+,22+,23+,24-,25+,27+,28+,29+,30+,31?/m0/s1. The van der Waals surface area contributed by atoms with Gasteiger partial charge in [0.15, 0.2) is 0 Å². The Morgan fingerprint density at radius 3 is 2.06 bits per heavy atom. The lowest BCUT2D eigenvalue weighted by molar-refractivity contribution is -0.252. The molecule has 0 saturated heterocycles. The van der Waals surface area contributed by atoms with Gasteiger partial charge in [-0.3, -0.25) is 14.4 Å². The Kier molecular flexibility index (Phi) is 5.87. The van der Waals surface area contributed by atoms with Crippen molar-refractivity contribution >= 4 is 17.7 Å². The fraction of sp³-hybridized carbons (Fsp3) is 0.903. The third kappa shape index (κ3) is 3.16. The second-order valence-corrected chi connectivity index (χ2v) is 14.8. The minimum absolute atomic E-state index is 0.0101. The Morgan fingerprint density at radius 1 is 0.750 bits per heavy atom. The first-order valence-corrected chi connectivity index (χ1v) is 14.6. The van der Waals surface area contributed by atoms with Gasteiger partial charge in [0.1, 0.15) is 17.3 Å². The van der Waals surface area contributed by atoms with Crippen molar-refractivity contribution in [3.63, 3.8) is 0 Å². The average molecular weight is 501 g/mol. The maximum absolute atomic E-state index is 12.8. The maximum Gasteiger partial charge on any atom is 0.313 e. The normalized spacial score (nSPS) is 53.9. The van der Waals surface area contributed by atoms with Gasteiger partial charge in [0.05, 0.1) is 0 Å². The van der Waals surface area contributed by atoms with E-state index in [-0.39, 0.29) is 39.5 Å². The smallest absolute Gasteiger partial charge is 0.313 e. The number of ether oxygens (including phenoxy) is 1. The molecule has 0 aromatic heterocycles. The molecule has 5 heteroatoms. The highest BCUT2D eigenvalue weighted by Gasteiger charge is 2.72. The molecule has 11 atom stereocenters. The summed E-state index contributed by atoms with van der Waals surface area (Å²) in [5.74, 6) is 0.882. The molecule has 5 fully saturated rings. The van der Waals surface area contributed by atoms with Crippen molar-refractivity contribution in [2.45, 2.75) is 119 Å². The van der Waals surface area contributed by atoms with E-state index in [0.717, 1.165) is 38.5 Å². The van der Waals surface area contributed by atoms with Crippen LogP contribution in [0.2, 0.25) is 0 Å². The number of hydrogen-bond donors (Lipinski definition) is 1. The fourth-order valence-electron chi connectivity index (χ4n) is 11.7. The number of hydrogen-bond acceptors (Lipinski definition) is 4. The lowest BCUT2D eigenvalue weighted by Crippen LogP contribution is -2.68. The SMILES string of the molecule is CC(=O)O[C@H]1CC[C@]2(C)[C@H]3CC[C@@H]4[C@H]5[C@H](C(C)=O)CC[C@]5(C)CC[C@@]4(C)[C@]3(C)CC[C@H]2C1(C)C(=O)O. The van der Waals surface area contributed by atoms with E-state index in [1.165, 1.54) is 26.2 Å². The summed E-state index contributed by atoms with van der Waals surface area (Å²) in [6.07, 6.45) is 9.79. The lowest BCUT2D eigenvalue weighted by atomic mass is 9.32. The Hall–Kier alpha value is -1.39. The van der Waals surface area contributed by atoms with Crippen molar-refractivity contribution in [2.75, 3.05) is 0 Å². The van der Waals surface area contributed by atoms with Gasteiger partial charge < -0.3 is 9.84 Å². The Balaban J connectivity index is 1.53. The number of esters is 1. The second kappa shape index (κ2) is 8.06. The number of carboxylic acid groups (broad SMARTS) is 1. The maximum atomic E-state index is 12.8. The molecule has 0 aliphatic heterocycles. The van der Waals surface area contributed by atoms with E-state index in [2.05, 4.69) is 27.7 Å². The van der Waals surface area contributed by atoms with E-state index in [1.807, 2.05) is 13.8 Å². The van der Waals surface area contributed by atoms with Crippen molar-refractivity contribution in [1.82, 2.24) is 0 Å². The number of Topliss-reactive ketones (excluding diaryl/α,β-unsaturated/α-hetero) is 1. The van der Waals surface area contributed by atoms with Crippen LogP contribution in [-0.4, -0.2) is 28.9 Å². The van der Waals surface area contributed by atoms with Crippen LogP contribution in [0.1, 0.15) is 113 Å². The zero-order valence-corrected chi connectivity index (χ0v) is 23.6. The molecule has 1 N–H and O–H groups in total. The van der Waals surface area contributed by atoms with Gasteiger partial charge in [-0.05, 0) is 123 Å². The molecule has 0 heterocycles. The predicted octanol–water partition coefficient (Wildman–Crippen LogP) is 6.67. The molecule has 0 amide bonds. The summed E-state index contributed by atoms with van der Waals surface area (Å²) in [6, 6.07) is 0. The fourth-order valence-corrected chi connectivity index (χ4v) is 11.7. The Morgan fingerprint density at radius 2 is 1.44 bits per heavy atom. The van der Waals surface area contributed by atoms with E-state index in [1.54, 1.807) is 0 Å². The molecule has 0 radical (unpaired) electrons. The first-order valence-electron chi connectivity index (χ1n) is 14.6. The van der Waals surface area contributed by atoms with Crippen LogP contribution in [0.5, 0.6) is 0 Å². The van der Waals surface area contributed by atoms with E-state index in [9.17, 15) is 19.5 Å². The molecular formula is C31H48O5. The van der Waals surface area contributed by atoms with Gasteiger partial charge in [0, 0.05) is 12.8 Å². The van der Waals surface area contributed by atoms with Gasteiger partial charge >= 0.3 is 11.9 Å². The molecule has 202 valence electrons. The lowest BCUT2D eigenvalue weighted by Gasteiger charge is -2.72. The quantitative estimate of drug-likeness (QED) is 0.438. The summed E-state index contributed by atoms with van der Waals surface area (Å²) in [5, 5.41) is 10.5. The number of carbonyl (C=O) groups excluding carboxylic acids is 2. The van der Waals surface area contributed by atoms with Gasteiger partial charge in [-0.2, -0.15) is 0 Å². The summed E-state index contributed by atoms with van der Waals surface area (Å²) in [5.41, 5.74) is -0.581. The largest absolute Gasteiger partial charge is 0.481 e. The summed E-state index contributed by atoms with van der Waals surface area (Å²) in [4.78, 5) is 37.5. The van der Waals surface area contributed by atoms with Gasteiger partial charge in [0.25, 0.3) is 0 Å². The van der Waals surface area contributed by atoms with Crippen LogP contribution in [-0.2, 0) is 19.1 Å². The van der Waals surface area contributed by atoms with Gasteiger partial charge in [-0.1, -0.05) is 27.7 Å². The van der Waals surface area contributed by atoms with E-state index in [4.69, 9.17) is 4.74 Å². The van der Waals surface area contributed by atoms with Crippen molar-refractivity contribution < 1.29 is 24.2 Å². The summed E-state index contributed by atoms with van der Waals surface area (Å²) in [7, 11) is 0. The predicted molar refractivity (Wildman–Crippen MR) is 138 cm³/mol. The van der Waals surface area contributed by atoms with Crippen LogP contribution in [0.3, 0.4) is 0 Å². The molecule has 36 heavy (non-hydrogen) atoms. The molecule has 0 aromatic carbocycles. The summed E-state index contributed by atoms with van der Waals surface area (Å²) >= 11 is 0. The summed E-state index contributed by atoms with van der Waals surface area (Å²) < 4.78 is 5.67. The highest BCUT2D eigenvalue weighted by atomic mass is 16.5. The first-order chi connectivity index (χ1) is 16.6. The van der Waals surface area contributed by atoms with E-state index >= 15 is 0 Å². The zero-order chi connectivity index (χ0) is 26.5. The molecule has 1 unspecified atom stereocenters. The number of carbonyl (C=O) groups is 3. The zero-order valence-electron chi connectivity index (χ0n) is 23.6.